The first kappa shape index (κ1) is 11.0. The third kappa shape index (κ3) is 1.39. The van der Waals surface area contributed by atoms with Gasteiger partial charge in [0.05, 0.1) is 5.56 Å². The van der Waals surface area contributed by atoms with Crippen LogP contribution in [0, 0.1) is 0 Å². The number of nitrogens with one attached hydrogen (secondary N) is 1. The molecule has 0 aromatic heterocycles. The van der Waals surface area contributed by atoms with E-state index < -0.39 is 0 Å². The minimum Gasteiger partial charge on any atom is -0.354 e. The highest BCUT2D eigenvalue weighted by Gasteiger charge is 2.55. The fourth-order valence-corrected chi connectivity index (χ4v) is 1.84. The fourth-order valence-electron chi connectivity index (χ4n) is 1.84. The van der Waals surface area contributed by atoms with Gasteiger partial charge in [0.15, 0.2) is 5.54 Å². The molecule has 0 fully saturated rings. The zero-order chi connectivity index (χ0) is 12.0. The topological polar surface area (TPSA) is 35.3 Å². The van der Waals surface area contributed by atoms with E-state index in [1.807, 2.05) is 44.2 Å². The van der Waals surface area contributed by atoms with Gasteiger partial charge in [-0.15, -0.1) is 0 Å². The molecule has 1 heterocycles. The molecule has 0 unspecified atom stereocenters. The van der Waals surface area contributed by atoms with Crippen LogP contribution in [-0.2, 0) is 0 Å². The van der Waals surface area contributed by atoms with Gasteiger partial charge < -0.3 is 5.21 Å². The van der Waals surface area contributed by atoms with Gasteiger partial charge in [0, 0.05) is 0 Å². The van der Waals surface area contributed by atoms with Crippen molar-refractivity contribution in [1.29, 1.82) is 0 Å². The van der Waals surface area contributed by atoms with Crippen molar-refractivity contribution < 1.29 is 9.95 Å². The Balaban J connectivity index is 2.50. The van der Waals surface area contributed by atoms with Gasteiger partial charge in [-0.2, -0.15) is 0 Å². The van der Waals surface area contributed by atoms with Gasteiger partial charge in [0.1, 0.15) is 5.54 Å². The molecule has 0 saturated heterocycles. The maximum Gasteiger partial charge on any atom is 0.317 e. The Bertz CT molecular complexity index is 433. The molecule has 0 spiro atoms. The van der Waals surface area contributed by atoms with Gasteiger partial charge in [0.2, 0.25) is 0 Å². The van der Waals surface area contributed by atoms with Gasteiger partial charge in [-0.25, -0.2) is 0 Å². The van der Waals surface area contributed by atoms with Crippen molar-refractivity contribution in [2.75, 3.05) is 0 Å². The molecular formula is C13H19N2O+. The van der Waals surface area contributed by atoms with E-state index >= 15 is 0 Å². The lowest BCUT2D eigenvalue weighted by atomic mass is 9.84. The summed E-state index contributed by atoms with van der Waals surface area (Å²) in [6, 6.07) is 9.88. The fraction of sp³-hybridized carbons (Fsp3) is 0.462. The van der Waals surface area contributed by atoms with Gasteiger partial charge in [-0.05, 0) is 39.8 Å². The Morgan fingerprint density at radius 3 is 2.06 bits per heavy atom. The molecule has 0 saturated carbocycles. The molecule has 86 valence electrons. The Morgan fingerprint density at radius 2 is 1.62 bits per heavy atom. The maximum absolute atomic E-state index is 10.2. The summed E-state index contributed by atoms with van der Waals surface area (Å²) >= 11 is 0. The van der Waals surface area contributed by atoms with Crippen LogP contribution in [-0.4, -0.2) is 26.9 Å². The lowest BCUT2D eigenvalue weighted by Crippen LogP contribution is -2.53. The molecule has 0 aliphatic carbocycles. The summed E-state index contributed by atoms with van der Waals surface area (Å²) in [5, 5.41) is 13.6. The van der Waals surface area contributed by atoms with Crippen LogP contribution in [0.15, 0.2) is 30.3 Å². The van der Waals surface area contributed by atoms with E-state index in [1.54, 1.807) is 0 Å². The number of rotatable bonds is 1. The molecule has 0 radical (unpaired) electrons. The molecule has 0 atom stereocenters. The molecule has 3 nitrogen and oxygen atoms in total. The van der Waals surface area contributed by atoms with Crippen LogP contribution in [0.4, 0.5) is 0 Å². The zero-order valence-corrected chi connectivity index (χ0v) is 10.3. The van der Waals surface area contributed by atoms with E-state index in [0.717, 1.165) is 11.4 Å². The van der Waals surface area contributed by atoms with Crippen LogP contribution < -0.4 is 5.32 Å². The second kappa shape index (κ2) is 3.24. The van der Waals surface area contributed by atoms with Crippen LogP contribution in [0.2, 0.25) is 0 Å². The molecule has 0 bridgehead atoms. The summed E-state index contributed by atoms with van der Waals surface area (Å²) in [5.74, 6) is 0.774. The van der Waals surface area contributed by atoms with Crippen molar-refractivity contribution in [3.8, 4) is 0 Å². The Hall–Kier alpha value is -1.51. The largest absolute Gasteiger partial charge is 0.354 e. The molecule has 1 aliphatic rings. The molecule has 1 aromatic rings. The highest BCUT2D eigenvalue weighted by Crippen LogP contribution is 2.29. The van der Waals surface area contributed by atoms with Crippen molar-refractivity contribution in [3.63, 3.8) is 0 Å². The quantitative estimate of drug-likeness (QED) is 0.559. The molecule has 16 heavy (non-hydrogen) atoms. The average molecular weight is 219 g/mol. The minimum atomic E-state index is -0.335. The van der Waals surface area contributed by atoms with Crippen LogP contribution in [0.25, 0.3) is 0 Å². The van der Waals surface area contributed by atoms with E-state index in [9.17, 15) is 5.21 Å². The molecule has 0 amide bonds. The summed E-state index contributed by atoms with van der Waals surface area (Å²) in [6.07, 6.45) is 0. The Labute approximate surface area is 96.4 Å². The molecule has 3 heteroatoms. The molecule has 1 aromatic carbocycles. The molecule has 2 N–H and O–H groups in total. The number of amidine groups is 1. The van der Waals surface area contributed by atoms with Gasteiger partial charge in [0.25, 0.3) is 0 Å². The van der Waals surface area contributed by atoms with E-state index in [-0.39, 0.29) is 11.1 Å². The summed E-state index contributed by atoms with van der Waals surface area (Å²) in [7, 11) is 0. The normalized spacial score (nSPS) is 22.0. The lowest BCUT2D eigenvalue weighted by molar-refractivity contribution is -0.820. The molecule has 2 rings (SSSR count). The average Bonchev–Trinajstić information content (AvgIpc) is 2.40. The van der Waals surface area contributed by atoms with Crippen molar-refractivity contribution in [2.24, 2.45) is 0 Å². The third-order valence-electron chi connectivity index (χ3n) is 3.75. The third-order valence-corrected chi connectivity index (χ3v) is 3.75. The molecule has 1 aliphatic heterocycles. The van der Waals surface area contributed by atoms with Crippen LogP contribution in [0.5, 0.6) is 0 Å². The highest BCUT2D eigenvalue weighted by molar-refractivity contribution is 5.96. The Kier molecular flexibility index (Phi) is 2.22. The first-order chi connectivity index (χ1) is 7.36. The smallest absolute Gasteiger partial charge is 0.317 e. The summed E-state index contributed by atoms with van der Waals surface area (Å²) < 4.78 is 1.34. The van der Waals surface area contributed by atoms with E-state index in [4.69, 9.17) is 0 Å². The zero-order valence-electron chi connectivity index (χ0n) is 10.3. The van der Waals surface area contributed by atoms with E-state index in [0.29, 0.717) is 0 Å². The Morgan fingerprint density at radius 1 is 1.06 bits per heavy atom. The van der Waals surface area contributed by atoms with E-state index in [1.165, 1.54) is 4.74 Å². The van der Waals surface area contributed by atoms with Crippen LogP contribution >= 0.6 is 0 Å². The number of benzene rings is 1. The van der Waals surface area contributed by atoms with Gasteiger partial charge in [-0.3, -0.25) is 5.32 Å². The first-order valence-corrected chi connectivity index (χ1v) is 5.56. The highest BCUT2D eigenvalue weighted by atomic mass is 16.5. The summed E-state index contributed by atoms with van der Waals surface area (Å²) in [6.45, 7) is 8.23. The number of hydrogen-bond acceptors (Lipinski definition) is 2. The molecular weight excluding hydrogens is 200 g/mol. The predicted octanol–water partition coefficient (Wildman–Crippen LogP) is 2.00. The van der Waals surface area contributed by atoms with Gasteiger partial charge >= 0.3 is 5.84 Å². The standard InChI is InChI=1S/C13H18N2O/c1-12(2)13(3,4)15(16)11(14-12)10-8-6-5-7-9-10/h5-9,16H,1-4H3/p+1. The van der Waals surface area contributed by atoms with E-state index in [2.05, 4.69) is 19.2 Å². The maximum atomic E-state index is 10.2. The number of nitrogens with zero attached hydrogens (tertiary/aromatic N) is 1. The van der Waals surface area contributed by atoms with Crippen molar-refractivity contribution in [3.05, 3.63) is 35.9 Å². The summed E-state index contributed by atoms with van der Waals surface area (Å²) in [4.78, 5) is 0. The van der Waals surface area contributed by atoms with Crippen molar-refractivity contribution >= 4 is 5.84 Å². The minimum absolute atomic E-state index is 0.174. The summed E-state index contributed by atoms with van der Waals surface area (Å²) in [5.41, 5.74) is 0.495. The second-order valence-electron chi connectivity index (χ2n) is 5.34. The lowest BCUT2D eigenvalue weighted by Gasteiger charge is -2.27. The first-order valence-electron chi connectivity index (χ1n) is 5.56. The van der Waals surface area contributed by atoms with Crippen molar-refractivity contribution in [1.82, 2.24) is 5.32 Å². The van der Waals surface area contributed by atoms with Crippen LogP contribution in [0.1, 0.15) is 33.3 Å². The number of hydroxylamine groups is 1. The second-order valence-corrected chi connectivity index (χ2v) is 5.34. The van der Waals surface area contributed by atoms with Gasteiger partial charge in [-0.1, -0.05) is 22.9 Å². The van der Waals surface area contributed by atoms with Crippen molar-refractivity contribution in [2.45, 2.75) is 38.8 Å². The van der Waals surface area contributed by atoms with Crippen LogP contribution in [0.3, 0.4) is 0 Å². The SMILES string of the molecule is CC1(C)NC(c2ccccc2)=[N+](O)C1(C)C. The number of hydrogen-bond donors (Lipinski definition) is 2. The monoisotopic (exact) mass is 219 g/mol. The predicted molar refractivity (Wildman–Crippen MR) is 63.9 cm³/mol.